The lowest BCUT2D eigenvalue weighted by molar-refractivity contribution is -0.123. The molecule has 2 aromatic carbocycles. The number of hydrogen-bond donors (Lipinski definition) is 0. The van der Waals surface area contributed by atoms with Gasteiger partial charge in [0.15, 0.2) is 5.78 Å². The summed E-state index contributed by atoms with van der Waals surface area (Å²) in [4.78, 5) is 13.7. The number of fused-ring (bicyclic) bond motifs is 6. The van der Waals surface area contributed by atoms with E-state index in [0.717, 1.165) is 70.6 Å². The van der Waals surface area contributed by atoms with Gasteiger partial charge in [0.1, 0.15) is 23.7 Å². The summed E-state index contributed by atoms with van der Waals surface area (Å²) in [6, 6.07) is 12.3. The van der Waals surface area contributed by atoms with Gasteiger partial charge in [-0.2, -0.15) is 0 Å². The van der Waals surface area contributed by atoms with E-state index in [0.29, 0.717) is 0 Å². The summed E-state index contributed by atoms with van der Waals surface area (Å²) in [5.74, 6) is 1.92. The third-order valence-corrected chi connectivity index (χ3v) is 7.50. The zero-order valence-corrected chi connectivity index (χ0v) is 17.5. The molecule has 2 aromatic rings. The number of hydrogen-bond acceptors (Lipinski definition) is 3. The summed E-state index contributed by atoms with van der Waals surface area (Å²) in [7, 11) is 0. The minimum atomic E-state index is -0.244. The van der Waals surface area contributed by atoms with Gasteiger partial charge in [-0.1, -0.05) is 55.7 Å². The molecule has 2 aliphatic carbocycles. The molecular formula is C27H26O3. The van der Waals surface area contributed by atoms with Crippen molar-refractivity contribution >= 4 is 17.9 Å². The van der Waals surface area contributed by atoms with Crippen molar-refractivity contribution in [2.24, 2.45) is 5.41 Å². The first kappa shape index (κ1) is 18.0. The van der Waals surface area contributed by atoms with Crippen molar-refractivity contribution in [1.29, 1.82) is 0 Å². The normalized spacial score (nSPS) is 25.6. The van der Waals surface area contributed by atoms with Crippen molar-refractivity contribution in [1.82, 2.24) is 0 Å². The third-order valence-electron chi connectivity index (χ3n) is 7.50. The summed E-state index contributed by atoms with van der Waals surface area (Å²) in [5.41, 5.74) is 5.65. The van der Waals surface area contributed by atoms with Crippen LogP contribution in [0.25, 0.3) is 12.2 Å². The van der Waals surface area contributed by atoms with Crippen LogP contribution >= 0.6 is 0 Å². The molecule has 0 amide bonds. The van der Waals surface area contributed by atoms with Crippen LogP contribution in [0.3, 0.4) is 0 Å². The standard InChI is InChI=1S/C27H26O3/c1-16-8-6-10-18-14-20-22(28)21-15-19-11-7-9-17(2)24(19)30-26(21)27(12-4-3-5-13-27)25(20)29-23(16)18/h6-11,14-15,25-26H,3-5,12-13H2,1-2H3/t25-,26-/m1/s1. The van der Waals surface area contributed by atoms with Crippen LogP contribution in [0.2, 0.25) is 0 Å². The second-order valence-corrected chi connectivity index (χ2v) is 9.30. The first-order valence-electron chi connectivity index (χ1n) is 11.1. The highest BCUT2D eigenvalue weighted by Crippen LogP contribution is 2.56. The van der Waals surface area contributed by atoms with Gasteiger partial charge in [-0.15, -0.1) is 0 Å². The first-order valence-corrected chi connectivity index (χ1v) is 11.1. The fourth-order valence-electron chi connectivity index (χ4n) is 6.01. The minimum Gasteiger partial charge on any atom is -0.484 e. The van der Waals surface area contributed by atoms with Gasteiger partial charge in [0.05, 0.1) is 5.41 Å². The SMILES string of the molecule is Cc1cccc2c1O[C@@H]1C(=C2)C(=O)C2=Cc3cccc(C)c3O[C@H]2C12CCCCC2. The van der Waals surface area contributed by atoms with E-state index in [-0.39, 0.29) is 23.4 Å². The Morgan fingerprint density at radius 1 is 0.767 bits per heavy atom. The Balaban J connectivity index is 1.58. The Hall–Kier alpha value is -2.81. The van der Waals surface area contributed by atoms with Crippen LogP contribution in [0, 0.1) is 19.3 Å². The molecule has 2 fully saturated rings. The Morgan fingerprint density at radius 3 is 1.77 bits per heavy atom. The molecule has 3 heteroatoms. The van der Waals surface area contributed by atoms with E-state index in [2.05, 4.69) is 38.1 Å². The predicted octanol–water partition coefficient (Wildman–Crippen LogP) is 5.83. The lowest BCUT2D eigenvalue weighted by Crippen LogP contribution is -2.59. The van der Waals surface area contributed by atoms with Crippen molar-refractivity contribution in [3.63, 3.8) is 0 Å². The van der Waals surface area contributed by atoms with Gasteiger partial charge < -0.3 is 9.47 Å². The molecule has 0 bridgehead atoms. The number of rotatable bonds is 0. The molecule has 152 valence electrons. The van der Waals surface area contributed by atoms with Gasteiger partial charge in [0.25, 0.3) is 0 Å². The molecule has 3 nitrogen and oxygen atoms in total. The van der Waals surface area contributed by atoms with Crippen LogP contribution in [-0.2, 0) is 4.79 Å². The van der Waals surface area contributed by atoms with E-state index in [1.54, 1.807) is 0 Å². The fraction of sp³-hybridized carbons (Fsp3) is 0.370. The molecule has 30 heavy (non-hydrogen) atoms. The highest BCUT2D eigenvalue weighted by Gasteiger charge is 2.59. The molecule has 0 unspecified atom stereocenters. The molecule has 2 aliphatic heterocycles. The van der Waals surface area contributed by atoms with Gasteiger partial charge in [-0.05, 0) is 50.0 Å². The van der Waals surface area contributed by atoms with Crippen molar-refractivity contribution in [2.75, 3.05) is 0 Å². The lowest BCUT2D eigenvalue weighted by Gasteiger charge is -2.53. The number of carbonyl (C=O) groups excluding carboxylic acids is 1. The fourth-order valence-corrected chi connectivity index (χ4v) is 6.01. The van der Waals surface area contributed by atoms with Crippen LogP contribution in [0.15, 0.2) is 47.5 Å². The monoisotopic (exact) mass is 398 g/mol. The highest BCUT2D eigenvalue weighted by atomic mass is 16.5. The van der Waals surface area contributed by atoms with Gasteiger partial charge in [-0.3, -0.25) is 4.79 Å². The molecule has 6 rings (SSSR count). The number of benzene rings is 2. The molecule has 0 aromatic heterocycles. The van der Waals surface area contributed by atoms with Gasteiger partial charge in [0.2, 0.25) is 0 Å². The second kappa shape index (κ2) is 6.34. The van der Waals surface area contributed by atoms with E-state index in [4.69, 9.17) is 9.47 Å². The number of carbonyl (C=O) groups is 1. The smallest absolute Gasteiger partial charge is 0.192 e. The largest absolute Gasteiger partial charge is 0.484 e. The maximum Gasteiger partial charge on any atom is 0.192 e. The van der Waals surface area contributed by atoms with Crippen molar-refractivity contribution in [3.05, 3.63) is 69.8 Å². The van der Waals surface area contributed by atoms with Gasteiger partial charge >= 0.3 is 0 Å². The first-order chi connectivity index (χ1) is 14.6. The number of Topliss-reactive ketones (excluding diaryl/α,β-unsaturated/α-hetero) is 1. The Labute approximate surface area is 177 Å². The molecule has 0 N–H and O–H groups in total. The average Bonchev–Trinajstić information content (AvgIpc) is 2.77. The summed E-state index contributed by atoms with van der Waals surface area (Å²) >= 11 is 0. The zero-order valence-electron chi connectivity index (χ0n) is 17.5. The van der Waals surface area contributed by atoms with Gasteiger partial charge in [0, 0.05) is 22.3 Å². The summed E-state index contributed by atoms with van der Waals surface area (Å²) < 4.78 is 13.4. The summed E-state index contributed by atoms with van der Waals surface area (Å²) in [6.45, 7) is 4.16. The maximum absolute atomic E-state index is 13.7. The number of aryl methyl sites for hydroxylation is 2. The molecule has 0 saturated heterocycles. The molecule has 2 atom stereocenters. The number of ketones is 1. The molecule has 4 aliphatic rings. The second-order valence-electron chi connectivity index (χ2n) is 9.30. The Bertz CT molecular complexity index is 1050. The third kappa shape index (κ3) is 2.35. The molecule has 2 heterocycles. The number of ether oxygens (including phenoxy) is 2. The van der Waals surface area contributed by atoms with Crippen LogP contribution < -0.4 is 9.47 Å². The maximum atomic E-state index is 13.7. The quantitative estimate of drug-likeness (QED) is 0.560. The zero-order chi connectivity index (χ0) is 20.5. The topological polar surface area (TPSA) is 35.5 Å². The molecule has 2 saturated carbocycles. The molecular weight excluding hydrogens is 372 g/mol. The van der Waals surface area contributed by atoms with Crippen LogP contribution in [-0.4, -0.2) is 18.0 Å². The predicted molar refractivity (Wildman–Crippen MR) is 118 cm³/mol. The average molecular weight is 399 g/mol. The van der Waals surface area contributed by atoms with Crippen LogP contribution in [0.5, 0.6) is 11.5 Å². The van der Waals surface area contributed by atoms with Crippen LogP contribution in [0.1, 0.15) is 54.4 Å². The van der Waals surface area contributed by atoms with E-state index >= 15 is 0 Å². The molecule has 1 spiro atoms. The van der Waals surface area contributed by atoms with Crippen LogP contribution in [0.4, 0.5) is 0 Å². The molecule has 0 radical (unpaired) electrons. The summed E-state index contributed by atoms with van der Waals surface area (Å²) in [5, 5.41) is 0. The lowest BCUT2D eigenvalue weighted by atomic mass is 9.57. The Kier molecular flexibility index (Phi) is 3.80. The van der Waals surface area contributed by atoms with Crippen molar-refractivity contribution < 1.29 is 14.3 Å². The summed E-state index contributed by atoms with van der Waals surface area (Å²) in [6.07, 6.45) is 9.25. The highest BCUT2D eigenvalue weighted by molar-refractivity contribution is 6.17. The minimum absolute atomic E-state index is 0.0838. The van der Waals surface area contributed by atoms with Gasteiger partial charge in [-0.25, -0.2) is 0 Å². The Morgan fingerprint density at radius 2 is 1.27 bits per heavy atom. The van der Waals surface area contributed by atoms with E-state index in [9.17, 15) is 4.79 Å². The van der Waals surface area contributed by atoms with Crippen molar-refractivity contribution in [2.45, 2.75) is 58.2 Å². The number of para-hydroxylation sites is 2. The van der Waals surface area contributed by atoms with E-state index in [1.807, 2.05) is 24.3 Å². The van der Waals surface area contributed by atoms with E-state index in [1.165, 1.54) is 6.42 Å². The van der Waals surface area contributed by atoms with E-state index < -0.39 is 0 Å². The van der Waals surface area contributed by atoms with Crippen molar-refractivity contribution in [3.8, 4) is 11.5 Å².